The van der Waals surface area contributed by atoms with E-state index in [1.807, 2.05) is 0 Å². The lowest BCUT2D eigenvalue weighted by Gasteiger charge is -2.30. The van der Waals surface area contributed by atoms with E-state index < -0.39 is 17.9 Å². The average Bonchev–Trinajstić information content (AvgIpc) is 3.22. The predicted molar refractivity (Wildman–Crippen MR) is 132 cm³/mol. The van der Waals surface area contributed by atoms with E-state index in [0.29, 0.717) is 34.8 Å². The Kier molecular flexibility index (Phi) is 7.35. The number of carbonyl (C=O) groups is 3. The zero-order chi connectivity index (χ0) is 25.3. The number of hydrogen-bond donors (Lipinski definition) is 2. The summed E-state index contributed by atoms with van der Waals surface area (Å²) < 4.78 is 1.69. The number of fused-ring (bicyclic) bond motifs is 1. The minimum Gasteiger partial charge on any atom is -0.480 e. The molecule has 2 aromatic carbocycles. The second kappa shape index (κ2) is 10.3. The summed E-state index contributed by atoms with van der Waals surface area (Å²) in [4.78, 5) is 43.5. The second-order valence-corrected chi connectivity index (χ2v) is 9.49. The Morgan fingerprint density at radius 1 is 1.17 bits per heavy atom. The lowest BCUT2D eigenvalue weighted by molar-refractivity contribution is -0.139. The molecule has 4 rings (SSSR count). The molecule has 2 amide bonds. The van der Waals surface area contributed by atoms with Gasteiger partial charge >= 0.3 is 5.97 Å². The first-order valence-electron chi connectivity index (χ1n) is 10.7. The summed E-state index contributed by atoms with van der Waals surface area (Å²) in [5.41, 5.74) is 2.48. The first kappa shape index (κ1) is 25.0. The molecule has 0 spiro atoms. The van der Waals surface area contributed by atoms with E-state index >= 15 is 0 Å². The molecule has 35 heavy (non-hydrogen) atoms. The number of aryl methyl sites for hydroxylation is 1. The largest absolute Gasteiger partial charge is 0.480 e. The van der Waals surface area contributed by atoms with Crippen molar-refractivity contribution in [3.05, 3.63) is 85.9 Å². The molecule has 1 aliphatic rings. The lowest BCUT2D eigenvalue weighted by atomic mass is 9.95. The smallest absolute Gasteiger partial charge is 0.326 e. The minimum atomic E-state index is -1.21. The fourth-order valence-electron chi connectivity index (χ4n) is 4.02. The quantitative estimate of drug-likeness (QED) is 0.496. The van der Waals surface area contributed by atoms with Crippen LogP contribution in [-0.4, -0.2) is 49.9 Å². The van der Waals surface area contributed by atoms with Gasteiger partial charge in [0.15, 0.2) is 0 Å². The highest BCUT2D eigenvalue weighted by molar-refractivity contribution is 6.40. The molecule has 0 aliphatic carbocycles. The molecule has 182 valence electrons. The summed E-state index contributed by atoms with van der Waals surface area (Å²) in [6, 6.07) is 7.03. The van der Waals surface area contributed by atoms with Crippen LogP contribution < -0.4 is 5.32 Å². The zero-order valence-corrected chi connectivity index (χ0v) is 20.9. The summed E-state index contributed by atoms with van der Waals surface area (Å²) in [5, 5.41) is 12.9. The maximum absolute atomic E-state index is 13.0. The van der Waals surface area contributed by atoms with Crippen LogP contribution in [0.15, 0.2) is 42.9 Å². The van der Waals surface area contributed by atoms with Gasteiger partial charge < -0.3 is 19.9 Å². The van der Waals surface area contributed by atoms with Crippen molar-refractivity contribution in [2.45, 2.75) is 25.4 Å². The van der Waals surface area contributed by atoms with Crippen LogP contribution in [0.1, 0.15) is 37.5 Å². The van der Waals surface area contributed by atoms with Crippen LogP contribution in [0, 0.1) is 0 Å². The molecule has 0 saturated heterocycles. The molecule has 0 fully saturated rings. The summed E-state index contributed by atoms with van der Waals surface area (Å²) >= 11 is 18.9. The van der Waals surface area contributed by atoms with Gasteiger partial charge in [-0.2, -0.15) is 0 Å². The number of carbonyl (C=O) groups excluding carboxylic acids is 2. The fourth-order valence-corrected chi connectivity index (χ4v) is 4.91. The number of nitrogens with zero attached hydrogens (tertiary/aromatic N) is 3. The molecule has 0 radical (unpaired) electrons. The molecule has 2 N–H and O–H groups in total. The Morgan fingerprint density at radius 3 is 2.51 bits per heavy atom. The molecular weight excluding hydrogens is 515 g/mol. The Morgan fingerprint density at radius 2 is 1.89 bits per heavy atom. The van der Waals surface area contributed by atoms with Gasteiger partial charge in [-0.25, -0.2) is 9.78 Å². The average molecular weight is 536 g/mol. The van der Waals surface area contributed by atoms with E-state index in [0.717, 1.165) is 5.56 Å². The Balaban J connectivity index is 1.54. The van der Waals surface area contributed by atoms with Crippen molar-refractivity contribution in [1.29, 1.82) is 0 Å². The van der Waals surface area contributed by atoms with Crippen molar-refractivity contribution in [3.8, 4) is 0 Å². The van der Waals surface area contributed by atoms with Crippen LogP contribution in [0.4, 0.5) is 0 Å². The first-order valence-corrected chi connectivity index (χ1v) is 11.8. The maximum atomic E-state index is 13.0. The monoisotopic (exact) mass is 534 g/mol. The van der Waals surface area contributed by atoms with E-state index in [1.165, 1.54) is 0 Å². The summed E-state index contributed by atoms with van der Waals surface area (Å²) in [6.07, 6.45) is 3.65. The van der Waals surface area contributed by atoms with Gasteiger partial charge in [0.05, 0.1) is 27.6 Å². The van der Waals surface area contributed by atoms with Gasteiger partial charge in [0.1, 0.15) is 6.04 Å². The molecule has 8 nitrogen and oxygen atoms in total. The molecule has 0 unspecified atom stereocenters. The highest BCUT2D eigenvalue weighted by Crippen LogP contribution is 2.35. The number of aliphatic carboxylic acids is 1. The number of aromatic nitrogens is 2. The summed E-state index contributed by atoms with van der Waals surface area (Å²) in [6.45, 7) is 0.670. The van der Waals surface area contributed by atoms with Crippen molar-refractivity contribution in [2.24, 2.45) is 7.05 Å². The normalized spacial score (nSPS) is 13.8. The number of rotatable bonds is 6. The van der Waals surface area contributed by atoms with E-state index in [9.17, 15) is 19.5 Å². The molecule has 1 aromatic heterocycles. The van der Waals surface area contributed by atoms with Crippen molar-refractivity contribution in [3.63, 3.8) is 0 Å². The molecule has 2 heterocycles. The molecule has 1 atom stereocenters. The third-order valence-electron chi connectivity index (χ3n) is 5.79. The standard InChI is InChI=1S/C24H21Cl3N4O4/c1-30-11-16(28-12-30)9-19(24(34)35)29-22(32)20-18(26)8-14-10-31(7-6-17(14)21(20)27)23(33)13-2-4-15(25)5-3-13/h2-5,8,11-12,19H,6-7,9-10H2,1H3,(H,29,32)(H,34,35)/t19-/m0/s1. The van der Waals surface area contributed by atoms with Crippen LogP contribution >= 0.6 is 34.8 Å². The van der Waals surface area contributed by atoms with Gasteiger partial charge in [-0.3, -0.25) is 9.59 Å². The predicted octanol–water partition coefficient (Wildman–Crippen LogP) is 4.00. The van der Waals surface area contributed by atoms with E-state index in [-0.39, 0.29) is 34.5 Å². The second-order valence-electron chi connectivity index (χ2n) is 8.27. The van der Waals surface area contributed by atoms with Crippen LogP contribution in [0.5, 0.6) is 0 Å². The van der Waals surface area contributed by atoms with Gasteiger partial charge in [0.2, 0.25) is 0 Å². The van der Waals surface area contributed by atoms with E-state index in [4.69, 9.17) is 34.8 Å². The van der Waals surface area contributed by atoms with Crippen LogP contribution in [0.2, 0.25) is 15.1 Å². The van der Waals surface area contributed by atoms with Crippen LogP contribution in [0.25, 0.3) is 0 Å². The molecule has 0 saturated carbocycles. The molecule has 0 bridgehead atoms. The Bertz CT molecular complexity index is 1310. The highest BCUT2D eigenvalue weighted by Gasteiger charge is 2.30. The lowest BCUT2D eigenvalue weighted by Crippen LogP contribution is -2.43. The number of amides is 2. The van der Waals surface area contributed by atoms with E-state index in [1.54, 1.807) is 59.4 Å². The topological polar surface area (TPSA) is 105 Å². The van der Waals surface area contributed by atoms with Crippen LogP contribution in [-0.2, 0) is 31.2 Å². The maximum Gasteiger partial charge on any atom is 0.326 e. The Labute approximate surface area is 216 Å². The van der Waals surface area contributed by atoms with Gasteiger partial charge in [0.25, 0.3) is 11.8 Å². The molecule has 1 aliphatic heterocycles. The van der Waals surface area contributed by atoms with Gasteiger partial charge in [-0.1, -0.05) is 34.8 Å². The molecule has 11 heteroatoms. The number of nitrogens with one attached hydrogen (secondary N) is 1. The number of hydrogen-bond acceptors (Lipinski definition) is 4. The zero-order valence-electron chi connectivity index (χ0n) is 18.6. The number of carboxylic acid groups (broad SMARTS) is 1. The number of imidazole rings is 1. The van der Waals surface area contributed by atoms with Gasteiger partial charge in [-0.15, -0.1) is 0 Å². The minimum absolute atomic E-state index is 0.00383. The SMILES string of the molecule is Cn1cnc(C[C@H](NC(=O)c2c(Cl)cc3c(c2Cl)CCN(C(=O)c2ccc(Cl)cc2)C3)C(=O)O)c1. The number of benzene rings is 2. The van der Waals surface area contributed by atoms with Crippen molar-refractivity contribution >= 4 is 52.6 Å². The molecule has 3 aromatic rings. The highest BCUT2D eigenvalue weighted by atomic mass is 35.5. The molecular formula is C24H21Cl3N4O4. The fraction of sp³-hybridized carbons (Fsp3) is 0.250. The third kappa shape index (κ3) is 5.45. The number of halogens is 3. The summed E-state index contributed by atoms with van der Waals surface area (Å²) in [7, 11) is 1.77. The van der Waals surface area contributed by atoms with Crippen molar-refractivity contribution in [1.82, 2.24) is 19.8 Å². The van der Waals surface area contributed by atoms with E-state index in [2.05, 4.69) is 10.3 Å². The number of carboxylic acids is 1. The first-order chi connectivity index (χ1) is 16.6. The van der Waals surface area contributed by atoms with Crippen LogP contribution in [0.3, 0.4) is 0 Å². The van der Waals surface area contributed by atoms with Gasteiger partial charge in [0, 0.05) is 43.3 Å². The van der Waals surface area contributed by atoms with Crippen molar-refractivity contribution in [2.75, 3.05) is 6.54 Å². The summed E-state index contributed by atoms with van der Waals surface area (Å²) in [5.74, 6) is -2.04. The van der Waals surface area contributed by atoms with Crippen molar-refractivity contribution < 1.29 is 19.5 Å². The Hall–Kier alpha value is -3.07. The third-order valence-corrected chi connectivity index (χ3v) is 6.75. The van der Waals surface area contributed by atoms with Gasteiger partial charge in [-0.05, 0) is 47.9 Å².